The molecule has 24 heavy (non-hydrogen) atoms. The van der Waals surface area contributed by atoms with Crippen molar-refractivity contribution in [1.29, 1.82) is 0 Å². The Kier molecular flexibility index (Phi) is 6.14. The van der Waals surface area contributed by atoms with Crippen LogP contribution in [0.3, 0.4) is 0 Å². The van der Waals surface area contributed by atoms with Crippen molar-refractivity contribution < 1.29 is 9.52 Å². The van der Waals surface area contributed by atoms with Crippen molar-refractivity contribution >= 4 is 6.21 Å². The third-order valence-electron chi connectivity index (χ3n) is 3.76. The summed E-state index contributed by atoms with van der Waals surface area (Å²) in [6.07, 6.45) is 2.77. The van der Waals surface area contributed by atoms with E-state index in [-0.39, 0.29) is 12.1 Å². The van der Waals surface area contributed by atoms with E-state index < -0.39 is 17.1 Å². The van der Waals surface area contributed by atoms with E-state index in [2.05, 4.69) is 28.7 Å². The fourth-order valence-corrected chi connectivity index (χ4v) is 2.29. The van der Waals surface area contributed by atoms with Crippen molar-refractivity contribution in [3.63, 3.8) is 0 Å². The molecule has 0 fully saturated rings. The van der Waals surface area contributed by atoms with Gasteiger partial charge in [0.25, 0.3) is 5.56 Å². The van der Waals surface area contributed by atoms with E-state index in [1.807, 2.05) is 0 Å². The Morgan fingerprint density at radius 1 is 1.38 bits per heavy atom. The molecule has 8 heteroatoms. The number of aromatic amines is 1. The highest BCUT2D eigenvalue weighted by Gasteiger charge is 2.13. The molecule has 0 aliphatic rings. The standard InChI is InChI=1S/C16H22N4O4/c1-3-19(4-2)8-7-17-10-13-14(21)18-16(23)20(15(13)22)11-12-6-5-9-24-12/h5-6,9-10,22H,3-4,7-8,11H2,1-2H3,(H,18,21,23). The molecule has 0 aliphatic carbocycles. The highest BCUT2D eigenvalue weighted by Crippen LogP contribution is 2.11. The zero-order valence-corrected chi connectivity index (χ0v) is 13.9. The van der Waals surface area contributed by atoms with Gasteiger partial charge in [0.15, 0.2) is 0 Å². The number of hydrogen-bond acceptors (Lipinski definition) is 6. The van der Waals surface area contributed by atoms with E-state index in [9.17, 15) is 14.7 Å². The first-order valence-corrected chi connectivity index (χ1v) is 7.87. The maximum atomic E-state index is 11.9. The van der Waals surface area contributed by atoms with E-state index in [0.29, 0.717) is 12.3 Å². The molecule has 0 saturated carbocycles. The molecular weight excluding hydrogens is 312 g/mol. The quantitative estimate of drug-likeness (QED) is 0.690. The Morgan fingerprint density at radius 3 is 2.75 bits per heavy atom. The molecule has 0 aromatic carbocycles. The first-order valence-electron chi connectivity index (χ1n) is 7.87. The van der Waals surface area contributed by atoms with E-state index in [1.165, 1.54) is 12.5 Å². The van der Waals surface area contributed by atoms with Gasteiger partial charge < -0.3 is 14.4 Å². The number of H-pyrrole nitrogens is 1. The number of nitrogens with one attached hydrogen (secondary N) is 1. The number of aliphatic imine (C=N–C) groups is 1. The first-order chi connectivity index (χ1) is 11.6. The maximum absolute atomic E-state index is 11.9. The molecule has 8 nitrogen and oxygen atoms in total. The van der Waals surface area contributed by atoms with Gasteiger partial charge in [0.05, 0.1) is 19.4 Å². The van der Waals surface area contributed by atoms with Crippen molar-refractivity contribution in [3.05, 3.63) is 50.6 Å². The molecule has 0 atom stereocenters. The molecule has 0 bridgehead atoms. The second-order valence-electron chi connectivity index (χ2n) is 5.22. The van der Waals surface area contributed by atoms with Crippen LogP contribution in [0, 0.1) is 0 Å². The second-order valence-corrected chi connectivity index (χ2v) is 5.22. The summed E-state index contributed by atoms with van der Waals surface area (Å²) >= 11 is 0. The van der Waals surface area contributed by atoms with Crippen LogP contribution in [0.25, 0.3) is 0 Å². The molecular formula is C16H22N4O4. The average molecular weight is 334 g/mol. The lowest BCUT2D eigenvalue weighted by Crippen LogP contribution is -2.32. The topological polar surface area (TPSA) is 104 Å². The highest BCUT2D eigenvalue weighted by atomic mass is 16.3. The number of likely N-dealkylation sites (N-methyl/N-ethyl adjacent to an activating group) is 1. The number of nitrogens with zero attached hydrogens (tertiary/aromatic N) is 3. The van der Waals surface area contributed by atoms with Crippen LogP contribution in [-0.2, 0) is 6.54 Å². The van der Waals surface area contributed by atoms with E-state index in [4.69, 9.17) is 4.42 Å². The molecule has 2 rings (SSSR count). The minimum absolute atomic E-state index is 0.0226. The fourth-order valence-electron chi connectivity index (χ4n) is 2.29. The van der Waals surface area contributed by atoms with Gasteiger partial charge in [-0.05, 0) is 25.2 Å². The molecule has 0 unspecified atom stereocenters. The summed E-state index contributed by atoms with van der Waals surface area (Å²) in [4.78, 5) is 32.3. The van der Waals surface area contributed by atoms with Gasteiger partial charge in [0, 0.05) is 12.8 Å². The predicted octanol–water partition coefficient (Wildman–Crippen LogP) is 0.644. The van der Waals surface area contributed by atoms with Gasteiger partial charge in [0.1, 0.15) is 11.3 Å². The third-order valence-corrected chi connectivity index (χ3v) is 3.76. The molecule has 2 heterocycles. The third kappa shape index (κ3) is 4.23. The van der Waals surface area contributed by atoms with Crippen molar-refractivity contribution in [1.82, 2.24) is 14.5 Å². The van der Waals surface area contributed by atoms with Gasteiger partial charge in [-0.1, -0.05) is 13.8 Å². The monoisotopic (exact) mass is 334 g/mol. The van der Waals surface area contributed by atoms with Crippen LogP contribution in [0.1, 0.15) is 25.2 Å². The second kappa shape index (κ2) is 8.30. The summed E-state index contributed by atoms with van der Waals surface area (Å²) in [5.41, 5.74) is -1.41. The summed E-state index contributed by atoms with van der Waals surface area (Å²) in [6.45, 7) is 7.25. The summed E-state index contributed by atoms with van der Waals surface area (Å²) in [7, 11) is 0. The zero-order valence-electron chi connectivity index (χ0n) is 13.9. The lowest BCUT2D eigenvalue weighted by Gasteiger charge is -2.15. The lowest BCUT2D eigenvalue weighted by molar-refractivity contribution is 0.313. The Labute approximate surface area is 139 Å². The summed E-state index contributed by atoms with van der Waals surface area (Å²) in [6, 6.07) is 3.35. The highest BCUT2D eigenvalue weighted by molar-refractivity contribution is 5.81. The van der Waals surface area contributed by atoms with Gasteiger partial charge >= 0.3 is 5.69 Å². The SMILES string of the molecule is CCN(CC)CCN=Cc1c(O)n(Cc2ccco2)c(=O)[nH]c1=O. The van der Waals surface area contributed by atoms with Gasteiger partial charge in [-0.2, -0.15) is 0 Å². The molecule has 0 amide bonds. The van der Waals surface area contributed by atoms with Crippen molar-refractivity contribution in [3.8, 4) is 5.88 Å². The smallest absolute Gasteiger partial charge is 0.331 e. The molecule has 130 valence electrons. The normalized spacial score (nSPS) is 11.6. The van der Waals surface area contributed by atoms with Gasteiger partial charge in [-0.15, -0.1) is 0 Å². The van der Waals surface area contributed by atoms with E-state index >= 15 is 0 Å². The zero-order chi connectivity index (χ0) is 17.5. The van der Waals surface area contributed by atoms with Crippen LogP contribution in [0.5, 0.6) is 5.88 Å². The Balaban J connectivity index is 2.20. The largest absolute Gasteiger partial charge is 0.494 e. The van der Waals surface area contributed by atoms with Crippen LogP contribution in [0.4, 0.5) is 0 Å². The number of hydrogen-bond donors (Lipinski definition) is 2. The Hall–Kier alpha value is -2.61. The molecule has 0 saturated heterocycles. The molecule has 2 N–H and O–H groups in total. The molecule has 0 radical (unpaired) electrons. The molecule has 2 aromatic rings. The van der Waals surface area contributed by atoms with Gasteiger partial charge in [-0.25, -0.2) is 4.79 Å². The van der Waals surface area contributed by atoms with Gasteiger partial charge in [-0.3, -0.25) is 19.3 Å². The van der Waals surface area contributed by atoms with Crippen molar-refractivity contribution in [2.75, 3.05) is 26.2 Å². The molecule has 0 spiro atoms. The van der Waals surface area contributed by atoms with Crippen LogP contribution in [0.2, 0.25) is 0 Å². The van der Waals surface area contributed by atoms with Crippen molar-refractivity contribution in [2.24, 2.45) is 4.99 Å². The number of rotatable bonds is 8. The maximum Gasteiger partial charge on any atom is 0.331 e. The van der Waals surface area contributed by atoms with Gasteiger partial charge in [0.2, 0.25) is 5.88 Å². The summed E-state index contributed by atoms with van der Waals surface area (Å²) < 4.78 is 6.20. The number of aromatic hydroxyl groups is 1. The average Bonchev–Trinajstić information content (AvgIpc) is 3.07. The minimum atomic E-state index is -0.700. The molecule has 0 aliphatic heterocycles. The number of furan rings is 1. The summed E-state index contributed by atoms with van der Waals surface area (Å²) in [5.74, 6) is 0.0654. The Bertz CT molecular complexity index is 785. The first kappa shape index (κ1) is 17.7. The van der Waals surface area contributed by atoms with E-state index in [1.54, 1.807) is 12.1 Å². The molecule has 2 aromatic heterocycles. The Morgan fingerprint density at radius 2 is 2.12 bits per heavy atom. The fraction of sp³-hybridized carbons (Fsp3) is 0.438. The summed E-state index contributed by atoms with van der Waals surface area (Å²) in [5, 5.41) is 10.2. The van der Waals surface area contributed by atoms with Crippen molar-refractivity contribution in [2.45, 2.75) is 20.4 Å². The minimum Gasteiger partial charge on any atom is -0.494 e. The van der Waals surface area contributed by atoms with E-state index in [0.717, 1.165) is 24.2 Å². The number of aromatic nitrogens is 2. The van der Waals surface area contributed by atoms with Crippen LogP contribution >= 0.6 is 0 Å². The lowest BCUT2D eigenvalue weighted by atomic mass is 10.3. The van der Waals surface area contributed by atoms with Crippen LogP contribution in [0.15, 0.2) is 37.4 Å². The van der Waals surface area contributed by atoms with Crippen LogP contribution < -0.4 is 11.2 Å². The predicted molar refractivity (Wildman–Crippen MR) is 91.0 cm³/mol. The van der Waals surface area contributed by atoms with Crippen LogP contribution in [-0.4, -0.2) is 52.0 Å².